The molecule has 12 nitrogen and oxygen atoms in total. The Kier molecular flexibility index (Phi) is 11.5. The largest absolute Gasteiger partial charge is 0.464 e. The number of fused-ring (bicyclic) bond motifs is 6. The van der Waals surface area contributed by atoms with Gasteiger partial charge in [0.2, 0.25) is 5.91 Å². The fourth-order valence-corrected chi connectivity index (χ4v) is 9.09. The van der Waals surface area contributed by atoms with Crippen molar-refractivity contribution in [1.29, 1.82) is 0 Å². The number of carbonyl (C=O) groups is 3. The number of hydrogen-bond acceptors (Lipinski definition) is 10. The highest BCUT2D eigenvalue weighted by molar-refractivity contribution is 7.10. The standard InChI is InChI=1S/C42H54N6O6S/c1-24-25(2)36(24)39(49)45-32-20-35-44-33(22-55-35)27-13-14-34-29(19-27)30(21-42(4,5)23-54-41(51)31-12-9-17-48(46-31)40(32)50)38(47(34)16-10-18-52-6)28-11-8-15-43-37(28)26(3)53-7/h8,11,13-15,19,22,24-26,31-32,36,46H,9-10,12,16-18,20-21,23H2,1-7H3,(H,45,49)/t24-,25+,26-,31-,32-,36?/m0/s1. The van der Waals surface area contributed by atoms with E-state index in [2.05, 4.69) is 67.3 Å². The average Bonchev–Trinajstić information content (AvgIpc) is 3.45. The summed E-state index contributed by atoms with van der Waals surface area (Å²) in [6.45, 7) is 12.3. The lowest BCUT2D eigenvalue weighted by atomic mass is 9.84. The first-order valence-electron chi connectivity index (χ1n) is 19.5. The van der Waals surface area contributed by atoms with Crippen LogP contribution in [0, 0.1) is 23.2 Å². The van der Waals surface area contributed by atoms with Crippen molar-refractivity contribution in [1.82, 2.24) is 30.3 Å². The van der Waals surface area contributed by atoms with E-state index in [4.69, 9.17) is 24.2 Å². The number of methoxy groups -OCH3 is 2. The molecule has 2 N–H and O–H groups in total. The molecule has 3 aromatic heterocycles. The lowest BCUT2D eigenvalue weighted by Crippen LogP contribution is -2.60. The van der Waals surface area contributed by atoms with E-state index in [1.165, 1.54) is 16.3 Å². The number of nitrogens with one attached hydrogen (secondary N) is 2. The molecule has 6 atom stereocenters. The number of hydrogen-bond donors (Lipinski definition) is 2. The molecule has 2 amide bonds. The fraction of sp³-hybridized carbons (Fsp3) is 0.548. The number of rotatable bonds is 9. The number of cyclic esters (lactones) is 1. The van der Waals surface area contributed by atoms with Crippen LogP contribution in [0.2, 0.25) is 0 Å². The molecule has 5 heterocycles. The number of pyridine rings is 1. The molecule has 4 aromatic rings. The minimum absolute atomic E-state index is 0.118. The normalized spacial score (nSPS) is 24.6. The van der Waals surface area contributed by atoms with Crippen molar-refractivity contribution in [2.45, 2.75) is 91.5 Å². The van der Waals surface area contributed by atoms with Crippen molar-refractivity contribution in [3.8, 4) is 22.5 Å². The lowest BCUT2D eigenvalue weighted by Gasteiger charge is -2.35. The van der Waals surface area contributed by atoms with Crippen LogP contribution in [-0.2, 0) is 48.0 Å². The number of nitrogens with zero attached hydrogens (tertiary/aromatic N) is 4. The molecule has 0 spiro atoms. The smallest absolute Gasteiger partial charge is 0.324 e. The van der Waals surface area contributed by atoms with Gasteiger partial charge in [-0.05, 0) is 74.3 Å². The molecule has 294 valence electrons. The van der Waals surface area contributed by atoms with Gasteiger partial charge in [-0.2, -0.15) is 0 Å². The summed E-state index contributed by atoms with van der Waals surface area (Å²) in [5, 5.41) is 8.42. The Bertz CT molecular complexity index is 2050. The van der Waals surface area contributed by atoms with Gasteiger partial charge in [0.15, 0.2) is 0 Å². The fourth-order valence-electron chi connectivity index (χ4n) is 8.24. The van der Waals surface area contributed by atoms with Crippen molar-refractivity contribution >= 4 is 40.0 Å². The molecule has 3 aliphatic rings. The molecule has 1 aromatic carbocycles. The quantitative estimate of drug-likeness (QED) is 0.152. The van der Waals surface area contributed by atoms with Crippen LogP contribution < -0.4 is 10.7 Å². The molecule has 2 fully saturated rings. The minimum Gasteiger partial charge on any atom is -0.464 e. The van der Waals surface area contributed by atoms with E-state index in [0.29, 0.717) is 39.0 Å². The van der Waals surface area contributed by atoms with Crippen LogP contribution in [0.4, 0.5) is 0 Å². The van der Waals surface area contributed by atoms with Gasteiger partial charge in [0.25, 0.3) is 5.91 Å². The zero-order valence-corrected chi connectivity index (χ0v) is 33.8. The predicted octanol–water partition coefficient (Wildman–Crippen LogP) is 6.12. The maximum absolute atomic E-state index is 14.1. The van der Waals surface area contributed by atoms with Gasteiger partial charge in [0.1, 0.15) is 12.1 Å². The number of aromatic nitrogens is 3. The summed E-state index contributed by atoms with van der Waals surface area (Å²) in [5.74, 6) is -0.392. The Balaban J connectivity index is 1.36. The Morgan fingerprint density at radius 1 is 1.18 bits per heavy atom. The first-order valence-corrected chi connectivity index (χ1v) is 20.4. The molecule has 1 saturated carbocycles. The zero-order chi connectivity index (χ0) is 39.0. The van der Waals surface area contributed by atoms with Gasteiger partial charge in [-0.15, -0.1) is 11.3 Å². The van der Waals surface area contributed by atoms with Gasteiger partial charge >= 0.3 is 5.97 Å². The molecule has 1 aliphatic carbocycles. The summed E-state index contributed by atoms with van der Waals surface area (Å²) in [6.07, 6.45) is 4.37. The first-order chi connectivity index (χ1) is 26.4. The number of benzene rings is 1. The van der Waals surface area contributed by atoms with E-state index in [9.17, 15) is 14.4 Å². The number of amides is 2. The lowest BCUT2D eigenvalue weighted by molar-refractivity contribution is -0.155. The predicted molar refractivity (Wildman–Crippen MR) is 212 cm³/mol. The molecule has 1 saturated heterocycles. The van der Waals surface area contributed by atoms with Crippen LogP contribution in [0.15, 0.2) is 41.9 Å². The molecule has 6 bridgehead atoms. The molecule has 0 radical (unpaired) electrons. The number of hydrazine groups is 1. The third-order valence-electron chi connectivity index (χ3n) is 11.7. The Morgan fingerprint density at radius 3 is 2.73 bits per heavy atom. The van der Waals surface area contributed by atoms with Crippen LogP contribution in [0.5, 0.6) is 0 Å². The molecule has 13 heteroatoms. The first kappa shape index (κ1) is 39.1. The Morgan fingerprint density at radius 2 is 1.98 bits per heavy atom. The van der Waals surface area contributed by atoms with Crippen molar-refractivity contribution < 1.29 is 28.6 Å². The number of carbonyl (C=O) groups excluding carboxylic acids is 3. The number of ether oxygens (including phenoxy) is 3. The zero-order valence-electron chi connectivity index (χ0n) is 33.0. The van der Waals surface area contributed by atoms with Crippen LogP contribution in [0.25, 0.3) is 33.4 Å². The summed E-state index contributed by atoms with van der Waals surface area (Å²) in [7, 11) is 3.42. The Labute approximate surface area is 327 Å². The van der Waals surface area contributed by atoms with Crippen molar-refractivity contribution in [2.75, 3.05) is 34.0 Å². The summed E-state index contributed by atoms with van der Waals surface area (Å²) in [4.78, 5) is 51.1. The molecular weight excluding hydrogens is 717 g/mol. The number of esters is 1. The van der Waals surface area contributed by atoms with Gasteiger partial charge in [0, 0.05) is 85.3 Å². The van der Waals surface area contributed by atoms with Gasteiger partial charge in [-0.3, -0.25) is 24.4 Å². The van der Waals surface area contributed by atoms with E-state index in [1.807, 2.05) is 18.4 Å². The minimum atomic E-state index is -0.840. The Hall–Kier alpha value is -4.17. The van der Waals surface area contributed by atoms with E-state index < -0.39 is 23.5 Å². The second-order valence-electron chi connectivity index (χ2n) is 16.3. The molecule has 7 rings (SSSR count). The second-order valence-corrected chi connectivity index (χ2v) is 17.2. The van der Waals surface area contributed by atoms with Crippen molar-refractivity contribution in [3.63, 3.8) is 0 Å². The maximum Gasteiger partial charge on any atom is 0.324 e. The SMILES string of the molecule is COCCCn1c(-c2cccnc2[C@H](C)OC)c2c3cc(ccc31)-c1csc(n1)C[C@H](NC(=O)C1[C@@H](C)[C@H]1C)C(=O)N1CCC[C@H](N1)C(=O)OCC(C)(C)C2. The molecule has 1 unspecified atom stereocenters. The molecule has 55 heavy (non-hydrogen) atoms. The van der Waals surface area contributed by atoms with Crippen molar-refractivity contribution in [3.05, 3.63) is 58.2 Å². The van der Waals surface area contributed by atoms with Gasteiger partial charge in [-0.1, -0.05) is 33.8 Å². The van der Waals surface area contributed by atoms with Crippen LogP contribution in [0.1, 0.15) is 76.3 Å². The highest BCUT2D eigenvalue weighted by Gasteiger charge is 2.49. The number of aryl methyl sites for hydroxylation is 1. The highest BCUT2D eigenvalue weighted by atomic mass is 32.1. The topological polar surface area (TPSA) is 137 Å². The number of thiazole rings is 1. The summed E-state index contributed by atoms with van der Waals surface area (Å²) in [6, 6.07) is 9.03. The van der Waals surface area contributed by atoms with E-state index in [0.717, 1.165) is 56.1 Å². The third kappa shape index (κ3) is 8.07. The average molecular weight is 771 g/mol. The molecular formula is C42H54N6O6S. The van der Waals surface area contributed by atoms with E-state index in [-0.39, 0.29) is 48.7 Å². The monoisotopic (exact) mass is 770 g/mol. The summed E-state index contributed by atoms with van der Waals surface area (Å²) >= 11 is 1.48. The van der Waals surface area contributed by atoms with E-state index in [1.54, 1.807) is 20.4 Å². The van der Waals surface area contributed by atoms with Gasteiger partial charge in [-0.25, -0.2) is 10.4 Å². The van der Waals surface area contributed by atoms with Gasteiger partial charge in [0.05, 0.1) is 34.8 Å². The summed E-state index contributed by atoms with van der Waals surface area (Å²) < 4.78 is 19.8. The van der Waals surface area contributed by atoms with E-state index >= 15 is 0 Å². The summed E-state index contributed by atoms with van der Waals surface area (Å²) in [5.41, 5.74) is 9.55. The van der Waals surface area contributed by atoms with Crippen LogP contribution >= 0.6 is 11.3 Å². The maximum atomic E-state index is 14.1. The van der Waals surface area contributed by atoms with Crippen LogP contribution in [0.3, 0.4) is 0 Å². The second kappa shape index (κ2) is 16.1. The highest BCUT2D eigenvalue weighted by Crippen LogP contribution is 2.46. The van der Waals surface area contributed by atoms with Gasteiger partial charge < -0.3 is 24.1 Å². The van der Waals surface area contributed by atoms with Crippen LogP contribution in [-0.4, -0.2) is 83.4 Å². The van der Waals surface area contributed by atoms with Crippen molar-refractivity contribution in [2.24, 2.45) is 23.2 Å². The molecule has 2 aliphatic heterocycles. The third-order valence-corrected chi connectivity index (χ3v) is 12.6.